The van der Waals surface area contributed by atoms with Gasteiger partial charge in [0.25, 0.3) is 0 Å². The van der Waals surface area contributed by atoms with Crippen LogP contribution >= 0.6 is 0 Å². The SMILES string of the molecule is CC.CC.CCCN(Cc1cc(CC)ccc1CC)C1=C(N)C(=O)C1O. The van der Waals surface area contributed by atoms with Crippen molar-refractivity contribution in [2.45, 2.75) is 80.4 Å². The van der Waals surface area contributed by atoms with Crippen molar-refractivity contribution in [3.63, 3.8) is 0 Å². The highest BCUT2D eigenvalue weighted by molar-refractivity contribution is 6.07. The lowest BCUT2D eigenvalue weighted by Gasteiger charge is -2.36. The highest BCUT2D eigenvalue weighted by Gasteiger charge is 2.39. The molecule has 1 atom stereocenters. The minimum atomic E-state index is -1.05. The first-order valence-corrected chi connectivity index (χ1v) is 10.1. The zero-order chi connectivity index (χ0) is 20.3. The number of hydrogen-bond acceptors (Lipinski definition) is 4. The van der Waals surface area contributed by atoms with Gasteiger partial charge in [0.05, 0.1) is 5.70 Å². The van der Waals surface area contributed by atoms with E-state index in [9.17, 15) is 9.90 Å². The van der Waals surface area contributed by atoms with Gasteiger partial charge in [0.15, 0.2) is 6.10 Å². The lowest BCUT2D eigenvalue weighted by atomic mass is 9.93. The zero-order valence-corrected chi connectivity index (χ0v) is 17.7. The Balaban J connectivity index is 0.00000146. The van der Waals surface area contributed by atoms with Crippen LogP contribution in [0.15, 0.2) is 29.6 Å². The second kappa shape index (κ2) is 12.5. The fourth-order valence-corrected chi connectivity index (χ4v) is 2.96. The Bertz CT molecular complexity index is 594. The van der Waals surface area contributed by atoms with Crippen molar-refractivity contribution in [3.8, 4) is 0 Å². The Kier molecular flexibility index (Phi) is 11.7. The molecule has 0 fully saturated rings. The third-order valence-electron chi connectivity index (χ3n) is 4.30. The van der Waals surface area contributed by atoms with E-state index in [0.29, 0.717) is 12.2 Å². The van der Waals surface area contributed by atoms with Crippen molar-refractivity contribution in [2.75, 3.05) is 6.54 Å². The summed E-state index contributed by atoms with van der Waals surface area (Å²) in [5.74, 6) is -0.353. The van der Waals surface area contributed by atoms with Crippen LogP contribution in [-0.4, -0.2) is 28.4 Å². The molecule has 0 saturated heterocycles. The minimum absolute atomic E-state index is 0.214. The van der Waals surface area contributed by atoms with Crippen molar-refractivity contribution < 1.29 is 9.90 Å². The molecule has 26 heavy (non-hydrogen) atoms. The quantitative estimate of drug-likeness (QED) is 0.763. The standard InChI is InChI=1S/C18H26N2O2.2C2H6/c1-4-9-20(16-15(19)17(21)18(16)22)11-14-10-12(5-2)7-8-13(14)6-3;2*1-2/h7-8,10,18,22H,4-6,9,11,19H2,1-3H3;2*1-2H3. The Labute approximate surface area is 160 Å². The van der Waals surface area contributed by atoms with Gasteiger partial charge in [0, 0.05) is 13.1 Å². The lowest BCUT2D eigenvalue weighted by molar-refractivity contribution is -0.126. The van der Waals surface area contributed by atoms with E-state index in [2.05, 4.69) is 43.9 Å². The molecule has 1 aliphatic rings. The first-order valence-electron chi connectivity index (χ1n) is 10.1. The summed E-state index contributed by atoms with van der Waals surface area (Å²) in [5.41, 5.74) is 10.5. The van der Waals surface area contributed by atoms with Gasteiger partial charge in [-0.2, -0.15) is 0 Å². The number of Topliss-reactive ketones (excluding diaryl/α,β-unsaturated/α-hetero) is 1. The van der Waals surface area contributed by atoms with Crippen molar-refractivity contribution in [2.24, 2.45) is 5.73 Å². The molecular weight excluding hydrogens is 324 g/mol. The largest absolute Gasteiger partial charge is 0.394 e. The number of carbonyl (C=O) groups is 1. The van der Waals surface area contributed by atoms with Crippen LogP contribution in [0.4, 0.5) is 0 Å². The van der Waals surface area contributed by atoms with E-state index in [0.717, 1.165) is 25.8 Å². The maximum atomic E-state index is 11.5. The second-order valence-corrected chi connectivity index (χ2v) is 5.80. The van der Waals surface area contributed by atoms with E-state index in [1.165, 1.54) is 16.7 Å². The van der Waals surface area contributed by atoms with Crippen LogP contribution in [0.2, 0.25) is 0 Å². The van der Waals surface area contributed by atoms with Gasteiger partial charge in [-0.15, -0.1) is 0 Å². The molecule has 1 aromatic rings. The van der Waals surface area contributed by atoms with Gasteiger partial charge in [0.2, 0.25) is 5.78 Å². The van der Waals surface area contributed by atoms with E-state index >= 15 is 0 Å². The molecule has 3 N–H and O–H groups in total. The Hall–Kier alpha value is -1.81. The maximum Gasteiger partial charge on any atom is 0.214 e. The number of benzene rings is 1. The van der Waals surface area contributed by atoms with E-state index in [1.54, 1.807) is 0 Å². The van der Waals surface area contributed by atoms with Crippen LogP contribution in [0, 0.1) is 0 Å². The predicted molar refractivity (Wildman–Crippen MR) is 111 cm³/mol. The normalized spacial score (nSPS) is 15.4. The van der Waals surface area contributed by atoms with Crippen LogP contribution in [0.3, 0.4) is 0 Å². The fraction of sp³-hybridized carbons (Fsp3) is 0.591. The van der Waals surface area contributed by atoms with Gasteiger partial charge in [-0.05, 0) is 36.0 Å². The van der Waals surface area contributed by atoms with Gasteiger partial charge in [0.1, 0.15) is 5.70 Å². The molecule has 148 valence electrons. The average molecular weight is 363 g/mol. The summed E-state index contributed by atoms with van der Waals surface area (Å²) in [4.78, 5) is 13.5. The van der Waals surface area contributed by atoms with Crippen LogP contribution in [-0.2, 0) is 24.2 Å². The molecule has 0 spiro atoms. The highest BCUT2D eigenvalue weighted by atomic mass is 16.3. The molecule has 0 aromatic heterocycles. The number of aliphatic hydroxyl groups excluding tert-OH is 1. The molecule has 0 heterocycles. The van der Waals surface area contributed by atoms with E-state index < -0.39 is 6.10 Å². The number of carbonyl (C=O) groups excluding carboxylic acids is 1. The van der Waals surface area contributed by atoms with Crippen molar-refractivity contribution in [1.82, 2.24) is 4.90 Å². The number of rotatable bonds is 7. The first-order chi connectivity index (χ1) is 12.5. The highest BCUT2D eigenvalue weighted by Crippen LogP contribution is 2.27. The minimum Gasteiger partial charge on any atom is -0.394 e. The zero-order valence-electron chi connectivity index (χ0n) is 17.7. The summed E-state index contributed by atoms with van der Waals surface area (Å²) in [6.45, 7) is 15.8. The third kappa shape index (κ3) is 5.60. The third-order valence-corrected chi connectivity index (χ3v) is 4.30. The number of ketones is 1. The summed E-state index contributed by atoms with van der Waals surface area (Å²) in [5, 5.41) is 9.92. The summed E-state index contributed by atoms with van der Waals surface area (Å²) in [7, 11) is 0. The number of aryl methyl sites for hydroxylation is 2. The number of nitrogens with zero attached hydrogens (tertiary/aromatic N) is 1. The predicted octanol–water partition coefficient (Wildman–Crippen LogP) is 4.19. The topological polar surface area (TPSA) is 66.6 Å². The monoisotopic (exact) mass is 362 g/mol. The summed E-state index contributed by atoms with van der Waals surface area (Å²) in [6, 6.07) is 6.57. The van der Waals surface area contributed by atoms with Gasteiger partial charge < -0.3 is 15.7 Å². The van der Waals surface area contributed by atoms with Crippen LogP contribution < -0.4 is 5.73 Å². The van der Waals surface area contributed by atoms with E-state index in [4.69, 9.17) is 5.73 Å². The van der Waals surface area contributed by atoms with Gasteiger partial charge in [-0.25, -0.2) is 0 Å². The van der Waals surface area contributed by atoms with Crippen LogP contribution in [0.1, 0.15) is 71.6 Å². The second-order valence-electron chi connectivity index (χ2n) is 5.80. The number of aliphatic hydroxyl groups is 1. The maximum absolute atomic E-state index is 11.5. The summed E-state index contributed by atoms with van der Waals surface area (Å²) in [6.07, 6.45) is 1.85. The van der Waals surface area contributed by atoms with Crippen LogP contribution in [0.25, 0.3) is 0 Å². The number of hydrogen-bond donors (Lipinski definition) is 2. The van der Waals surface area contributed by atoms with Gasteiger partial charge in [-0.1, -0.05) is 66.7 Å². The molecular formula is C22H38N2O2. The number of nitrogens with two attached hydrogens (primary N) is 1. The fourth-order valence-electron chi connectivity index (χ4n) is 2.96. The molecule has 1 unspecified atom stereocenters. The first kappa shape index (κ1) is 24.2. The molecule has 0 saturated carbocycles. The average Bonchev–Trinajstić information content (AvgIpc) is 2.70. The van der Waals surface area contributed by atoms with E-state index in [-0.39, 0.29) is 11.5 Å². The molecule has 4 heteroatoms. The van der Waals surface area contributed by atoms with Crippen molar-refractivity contribution in [1.29, 1.82) is 0 Å². The van der Waals surface area contributed by atoms with Crippen LogP contribution in [0.5, 0.6) is 0 Å². The summed E-state index contributed by atoms with van der Waals surface area (Å²) >= 11 is 0. The lowest BCUT2D eigenvalue weighted by Crippen LogP contribution is -2.48. The Morgan fingerprint density at radius 2 is 1.65 bits per heavy atom. The molecule has 2 rings (SSSR count). The van der Waals surface area contributed by atoms with Crippen molar-refractivity contribution >= 4 is 5.78 Å². The molecule has 0 radical (unpaired) electrons. The molecule has 4 nitrogen and oxygen atoms in total. The van der Waals surface area contributed by atoms with Gasteiger partial charge >= 0.3 is 0 Å². The van der Waals surface area contributed by atoms with Crippen molar-refractivity contribution in [3.05, 3.63) is 46.3 Å². The van der Waals surface area contributed by atoms with Gasteiger partial charge in [-0.3, -0.25) is 4.79 Å². The van der Waals surface area contributed by atoms with E-state index in [1.807, 2.05) is 27.7 Å². The Morgan fingerprint density at radius 3 is 2.12 bits per heavy atom. The Morgan fingerprint density at radius 1 is 1.04 bits per heavy atom. The molecule has 1 aromatic carbocycles. The molecule has 1 aliphatic carbocycles. The smallest absolute Gasteiger partial charge is 0.214 e. The molecule has 0 bridgehead atoms. The molecule has 0 amide bonds. The summed E-state index contributed by atoms with van der Waals surface area (Å²) < 4.78 is 0. The molecule has 0 aliphatic heterocycles.